The van der Waals surface area contributed by atoms with Gasteiger partial charge in [0, 0.05) is 35.7 Å². The molecule has 1 N–H and O–H groups in total. The summed E-state index contributed by atoms with van der Waals surface area (Å²) in [5.41, 5.74) is 1.51. The van der Waals surface area contributed by atoms with E-state index in [1.807, 2.05) is 48.9 Å². The van der Waals surface area contributed by atoms with Gasteiger partial charge in [-0.2, -0.15) is 0 Å². The number of aryl methyl sites for hydroxylation is 1. The Labute approximate surface area is 153 Å². The first kappa shape index (κ1) is 16.8. The molecule has 1 saturated carbocycles. The Bertz CT molecular complexity index is 836. The average Bonchev–Trinajstić information content (AvgIpc) is 3.04. The van der Waals surface area contributed by atoms with Crippen molar-refractivity contribution in [2.24, 2.45) is 5.41 Å². The van der Waals surface area contributed by atoms with E-state index in [1.54, 1.807) is 11.1 Å². The fraction of sp³-hybridized carbons (Fsp3) is 0.450. The number of anilines is 1. The zero-order valence-corrected chi connectivity index (χ0v) is 15.2. The first-order valence-electron chi connectivity index (χ1n) is 9.20. The molecule has 1 aliphatic heterocycles. The molecule has 1 aromatic carbocycles. The number of likely N-dealkylation sites (tertiary alicyclic amines) is 1. The minimum Gasteiger partial charge on any atom is -0.330 e. The summed E-state index contributed by atoms with van der Waals surface area (Å²) in [5.74, 6) is 0.961. The fourth-order valence-electron chi connectivity index (χ4n) is 3.61. The molecule has 2 fully saturated rings. The van der Waals surface area contributed by atoms with Crippen LogP contribution in [0.1, 0.15) is 38.4 Å². The highest BCUT2D eigenvalue weighted by atomic mass is 16.2. The van der Waals surface area contributed by atoms with Crippen molar-refractivity contribution in [3.8, 4) is 5.69 Å². The highest BCUT2D eigenvalue weighted by Crippen LogP contribution is 2.47. The number of benzene rings is 1. The number of aromatic nitrogens is 2. The number of hydrogen-bond donors (Lipinski definition) is 1. The maximum absolute atomic E-state index is 12.7. The molecule has 2 amide bonds. The van der Waals surface area contributed by atoms with E-state index in [1.165, 1.54) is 0 Å². The number of nitrogens with zero attached hydrogens (tertiary/aromatic N) is 3. The SMILES string of the molecule is Cc1nccn1-c1ccc(NC(=O)C2CCCN2C(=O)C2(C)CC2)cc1. The molecule has 136 valence electrons. The molecule has 1 unspecified atom stereocenters. The van der Waals surface area contributed by atoms with Crippen molar-refractivity contribution >= 4 is 17.5 Å². The second kappa shape index (κ2) is 6.27. The van der Waals surface area contributed by atoms with E-state index in [0.717, 1.165) is 42.9 Å². The number of imidazole rings is 1. The van der Waals surface area contributed by atoms with Gasteiger partial charge in [-0.25, -0.2) is 4.98 Å². The molecular formula is C20H24N4O2. The molecule has 26 heavy (non-hydrogen) atoms. The lowest BCUT2D eigenvalue weighted by Crippen LogP contribution is -2.45. The van der Waals surface area contributed by atoms with E-state index in [4.69, 9.17) is 0 Å². The Hall–Kier alpha value is -2.63. The molecule has 1 atom stereocenters. The first-order chi connectivity index (χ1) is 12.5. The third-order valence-electron chi connectivity index (χ3n) is 5.57. The van der Waals surface area contributed by atoms with Crippen LogP contribution < -0.4 is 5.32 Å². The van der Waals surface area contributed by atoms with Crippen LogP contribution in [0.5, 0.6) is 0 Å². The Morgan fingerprint density at radius 3 is 2.58 bits per heavy atom. The maximum Gasteiger partial charge on any atom is 0.247 e. The Morgan fingerprint density at radius 1 is 1.23 bits per heavy atom. The van der Waals surface area contributed by atoms with Gasteiger partial charge in [0.2, 0.25) is 11.8 Å². The summed E-state index contributed by atoms with van der Waals surface area (Å²) in [4.78, 5) is 31.4. The number of carbonyl (C=O) groups excluding carboxylic acids is 2. The summed E-state index contributed by atoms with van der Waals surface area (Å²) in [6.07, 6.45) is 7.16. The van der Waals surface area contributed by atoms with Crippen molar-refractivity contribution in [1.29, 1.82) is 0 Å². The van der Waals surface area contributed by atoms with Crippen molar-refractivity contribution < 1.29 is 9.59 Å². The van der Waals surface area contributed by atoms with Crippen LogP contribution in [0, 0.1) is 12.3 Å². The predicted molar refractivity (Wildman–Crippen MR) is 99.0 cm³/mol. The lowest BCUT2D eigenvalue weighted by atomic mass is 10.1. The summed E-state index contributed by atoms with van der Waals surface area (Å²) in [6.45, 7) is 4.63. The summed E-state index contributed by atoms with van der Waals surface area (Å²) < 4.78 is 1.99. The number of hydrogen-bond acceptors (Lipinski definition) is 3. The Kier molecular flexibility index (Phi) is 4.05. The van der Waals surface area contributed by atoms with Gasteiger partial charge < -0.3 is 14.8 Å². The van der Waals surface area contributed by atoms with Gasteiger partial charge in [0.15, 0.2) is 0 Å². The van der Waals surface area contributed by atoms with E-state index in [-0.39, 0.29) is 23.3 Å². The summed E-state index contributed by atoms with van der Waals surface area (Å²) in [5, 5.41) is 2.97. The van der Waals surface area contributed by atoms with Gasteiger partial charge in [0.1, 0.15) is 11.9 Å². The Balaban J connectivity index is 1.44. The Morgan fingerprint density at radius 2 is 1.96 bits per heavy atom. The van der Waals surface area contributed by atoms with Crippen LogP contribution >= 0.6 is 0 Å². The van der Waals surface area contributed by atoms with Gasteiger partial charge in [-0.05, 0) is 56.9 Å². The van der Waals surface area contributed by atoms with Gasteiger partial charge in [-0.3, -0.25) is 9.59 Å². The lowest BCUT2D eigenvalue weighted by Gasteiger charge is -2.26. The van der Waals surface area contributed by atoms with Crippen LogP contribution in [0.3, 0.4) is 0 Å². The zero-order valence-electron chi connectivity index (χ0n) is 15.2. The minimum absolute atomic E-state index is 0.0911. The van der Waals surface area contributed by atoms with E-state index >= 15 is 0 Å². The van der Waals surface area contributed by atoms with Crippen LogP contribution in [0.2, 0.25) is 0 Å². The summed E-state index contributed by atoms with van der Waals surface area (Å²) >= 11 is 0. The van der Waals surface area contributed by atoms with E-state index < -0.39 is 0 Å². The lowest BCUT2D eigenvalue weighted by molar-refractivity contribution is -0.140. The molecule has 1 aromatic heterocycles. The topological polar surface area (TPSA) is 67.2 Å². The van der Waals surface area contributed by atoms with Gasteiger partial charge in [0.25, 0.3) is 0 Å². The monoisotopic (exact) mass is 352 g/mol. The minimum atomic E-state index is -0.351. The number of nitrogens with one attached hydrogen (secondary N) is 1. The van der Waals surface area contributed by atoms with Crippen molar-refractivity contribution in [2.75, 3.05) is 11.9 Å². The summed E-state index contributed by atoms with van der Waals surface area (Å²) in [7, 11) is 0. The van der Waals surface area contributed by atoms with Gasteiger partial charge in [0.05, 0.1) is 0 Å². The molecule has 2 aromatic rings. The van der Waals surface area contributed by atoms with Gasteiger partial charge >= 0.3 is 0 Å². The van der Waals surface area contributed by atoms with E-state index in [2.05, 4.69) is 10.3 Å². The van der Waals surface area contributed by atoms with E-state index in [9.17, 15) is 9.59 Å². The third-order valence-corrected chi connectivity index (χ3v) is 5.57. The van der Waals surface area contributed by atoms with Gasteiger partial charge in [-0.1, -0.05) is 6.92 Å². The van der Waals surface area contributed by atoms with Crippen molar-refractivity contribution in [3.05, 3.63) is 42.5 Å². The second-order valence-corrected chi connectivity index (χ2v) is 7.60. The predicted octanol–water partition coefficient (Wildman–Crippen LogP) is 2.91. The van der Waals surface area contributed by atoms with Crippen molar-refractivity contribution in [3.63, 3.8) is 0 Å². The molecule has 0 spiro atoms. The molecule has 2 aliphatic rings. The zero-order chi connectivity index (χ0) is 18.3. The van der Waals surface area contributed by atoms with Crippen LogP contribution in [-0.4, -0.2) is 38.9 Å². The molecule has 1 saturated heterocycles. The third kappa shape index (κ3) is 3.00. The number of carbonyl (C=O) groups is 2. The smallest absolute Gasteiger partial charge is 0.247 e. The van der Waals surface area contributed by atoms with Crippen LogP contribution in [0.15, 0.2) is 36.7 Å². The molecule has 6 nitrogen and oxygen atoms in total. The molecule has 0 radical (unpaired) electrons. The quantitative estimate of drug-likeness (QED) is 0.920. The summed E-state index contributed by atoms with van der Waals surface area (Å²) in [6, 6.07) is 7.32. The fourth-order valence-corrected chi connectivity index (χ4v) is 3.61. The molecule has 6 heteroatoms. The second-order valence-electron chi connectivity index (χ2n) is 7.60. The molecule has 1 aliphatic carbocycles. The normalized spacial score (nSPS) is 20.8. The highest BCUT2D eigenvalue weighted by Gasteiger charge is 2.50. The molecular weight excluding hydrogens is 328 g/mol. The van der Waals surface area contributed by atoms with Crippen molar-refractivity contribution in [2.45, 2.75) is 45.6 Å². The van der Waals surface area contributed by atoms with Crippen LogP contribution in [-0.2, 0) is 9.59 Å². The molecule has 2 heterocycles. The number of amides is 2. The van der Waals surface area contributed by atoms with Crippen LogP contribution in [0.25, 0.3) is 5.69 Å². The van der Waals surface area contributed by atoms with E-state index in [0.29, 0.717) is 6.54 Å². The highest BCUT2D eigenvalue weighted by molar-refractivity contribution is 5.98. The number of rotatable bonds is 4. The first-order valence-corrected chi connectivity index (χ1v) is 9.20. The molecule has 0 bridgehead atoms. The average molecular weight is 352 g/mol. The molecule has 4 rings (SSSR count). The van der Waals surface area contributed by atoms with Gasteiger partial charge in [-0.15, -0.1) is 0 Å². The largest absolute Gasteiger partial charge is 0.330 e. The standard InChI is InChI=1S/C20H24N4O2/c1-14-21-11-13-23(14)16-7-5-15(6-8-16)22-18(25)17-4-3-12-24(17)19(26)20(2)9-10-20/h5-8,11,13,17H,3-4,9-10,12H2,1-2H3,(H,22,25). The van der Waals surface area contributed by atoms with Crippen molar-refractivity contribution in [1.82, 2.24) is 14.5 Å². The maximum atomic E-state index is 12.7. The van der Waals surface area contributed by atoms with Crippen LogP contribution in [0.4, 0.5) is 5.69 Å².